The fourth-order valence-corrected chi connectivity index (χ4v) is 2.89. The Bertz CT molecular complexity index is 868. The third-order valence-electron chi connectivity index (χ3n) is 4.78. The molecule has 2 aromatic carbocycles. The number of hydrogen-bond acceptors (Lipinski definition) is 2. The van der Waals surface area contributed by atoms with Gasteiger partial charge in [-0.2, -0.15) is 13.2 Å². The Kier molecular flexibility index (Phi) is 8.51. The summed E-state index contributed by atoms with van der Waals surface area (Å²) in [5.41, 5.74) is 1.85. The van der Waals surface area contributed by atoms with Crippen molar-refractivity contribution in [2.45, 2.75) is 39.4 Å². The summed E-state index contributed by atoms with van der Waals surface area (Å²) >= 11 is 0. The SMILES string of the molecule is CCCC=C(C=C(c1ccc(NCc2ccccc2F)cc1)N(C)CC)C(F)(F)F. The maximum Gasteiger partial charge on any atom is 0.416 e. The molecular weight excluding hydrogens is 392 g/mol. The van der Waals surface area contributed by atoms with E-state index < -0.39 is 11.7 Å². The van der Waals surface area contributed by atoms with Crippen LogP contribution in [0.15, 0.2) is 66.3 Å². The largest absolute Gasteiger partial charge is 0.416 e. The topological polar surface area (TPSA) is 15.3 Å². The van der Waals surface area contributed by atoms with Crippen LogP contribution in [0.1, 0.15) is 37.8 Å². The van der Waals surface area contributed by atoms with Crippen LogP contribution < -0.4 is 5.32 Å². The van der Waals surface area contributed by atoms with Gasteiger partial charge in [-0.25, -0.2) is 4.39 Å². The summed E-state index contributed by atoms with van der Waals surface area (Å²) in [7, 11) is 1.77. The zero-order valence-electron chi connectivity index (χ0n) is 17.6. The van der Waals surface area contributed by atoms with Crippen molar-refractivity contribution < 1.29 is 17.6 Å². The van der Waals surface area contributed by atoms with Gasteiger partial charge >= 0.3 is 6.18 Å². The van der Waals surface area contributed by atoms with Crippen LogP contribution in [0.5, 0.6) is 0 Å². The minimum atomic E-state index is -4.41. The molecule has 0 amide bonds. The van der Waals surface area contributed by atoms with Crippen LogP contribution in [-0.4, -0.2) is 24.7 Å². The molecule has 6 heteroatoms. The van der Waals surface area contributed by atoms with E-state index in [9.17, 15) is 17.6 Å². The third kappa shape index (κ3) is 6.65. The van der Waals surface area contributed by atoms with E-state index in [1.54, 1.807) is 54.4 Å². The number of anilines is 1. The molecule has 30 heavy (non-hydrogen) atoms. The van der Waals surface area contributed by atoms with E-state index in [0.29, 0.717) is 42.8 Å². The van der Waals surface area contributed by atoms with Gasteiger partial charge in [0.1, 0.15) is 5.82 Å². The molecule has 0 atom stereocenters. The highest BCUT2D eigenvalue weighted by atomic mass is 19.4. The predicted molar refractivity (Wildman–Crippen MR) is 115 cm³/mol. The van der Waals surface area contributed by atoms with Crippen molar-refractivity contribution in [3.05, 3.63) is 83.2 Å². The van der Waals surface area contributed by atoms with Gasteiger partial charge in [0.05, 0.1) is 5.57 Å². The summed E-state index contributed by atoms with van der Waals surface area (Å²) < 4.78 is 54.2. The van der Waals surface area contributed by atoms with Crippen molar-refractivity contribution >= 4 is 11.4 Å². The second-order valence-electron chi connectivity index (χ2n) is 7.01. The molecule has 0 aliphatic rings. The maximum absolute atomic E-state index is 13.7. The first-order valence-electron chi connectivity index (χ1n) is 10.0. The van der Waals surface area contributed by atoms with Crippen LogP contribution in [0.3, 0.4) is 0 Å². The number of nitrogens with one attached hydrogen (secondary N) is 1. The van der Waals surface area contributed by atoms with Crippen LogP contribution in [0, 0.1) is 5.82 Å². The summed E-state index contributed by atoms with van der Waals surface area (Å²) in [5.74, 6) is -0.282. The van der Waals surface area contributed by atoms with Crippen LogP contribution in [0.2, 0.25) is 0 Å². The highest BCUT2D eigenvalue weighted by Crippen LogP contribution is 2.31. The highest BCUT2D eigenvalue weighted by molar-refractivity contribution is 5.68. The molecule has 0 aliphatic carbocycles. The summed E-state index contributed by atoms with van der Waals surface area (Å²) in [6.07, 6.45) is -0.937. The Labute approximate surface area is 175 Å². The maximum atomic E-state index is 13.7. The smallest absolute Gasteiger partial charge is 0.381 e. The Morgan fingerprint density at radius 1 is 1.03 bits per heavy atom. The summed E-state index contributed by atoms with van der Waals surface area (Å²) in [6, 6.07) is 13.6. The standard InChI is InChI=1S/C24H28F4N2/c1-4-6-10-20(24(26,27)28)16-23(30(3)5-2)18-12-14-21(15-13-18)29-17-19-9-7-8-11-22(19)25/h7-16,29H,4-6,17H2,1-3H3. The second kappa shape index (κ2) is 10.9. The quantitative estimate of drug-likeness (QED) is 0.346. The molecule has 0 aliphatic heterocycles. The van der Waals surface area contributed by atoms with Gasteiger partial charge in [-0.05, 0) is 43.2 Å². The number of alkyl halides is 3. The number of allylic oxidation sites excluding steroid dienone is 3. The molecule has 0 bridgehead atoms. The predicted octanol–water partition coefficient (Wildman–Crippen LogP) is 7.02. The lowest BCUT2D eigenvalue weighted by atomic mass is 10.1. The minimum absolute atomic E-state index is 0.282. The van der Waals surface area contributed by atoms with Crippen molar-refractivity contribution in [3.8, 4) is 0 Å². The monoisotopic (exact) mass is 420 g/mol. The molecule has 0 unspecified atom stereocenters. The zero-order chi connectivity index (χ0) is 22.1. The van der Waals surface area contributed by atoms with Gasteiger partial charge in [0.25, 0.3) is 0 Å². The van der Waals surface area contributed by atoms with Crippen LogP contribution in [-0.2, 0) is 6.54 Å². The number of hydrogen-bond donors (Lipinski definition) is 1. The number of rotatable bonds is 9. The van der Waals surface area contributed by atoms with Gasteiger partial charge in [-0.1, -0.05) is 49.8 Å². The fraction of sp³-hybridized carbons (Fsp3) is 0.333. The Morgan fingerprint density at radius 2 is 1.70 bits per heavy atom. The first kappa shape index (κ1) is 23.5. The summed E-state index contributed by atoms with van der Waals surface area (Å²) in [5, 5.41) is 3.14. The lowest BCUT2D eigenvalue weighted by Crippen LogP contribution is -2.18. The lowest BCUT2D eigenvalue weighted by Gasteiger charge is -2.23. The van der Waals surface area contributed by atoms with E-state index in [1.807, 2.05) is 13.8 Å². The van der Waals surface area contributed by atoms with Crippen LogP contribution in [0.4, 0.5) is 23.2 Å². The Hall–Kier alpha value is -2.76. The van der Waals surface area contributed by atoms with E-state index in [-0.39, 0.29) is 5.82 Å². The van der Waals surface area contributed by atoms with Gasteiger partial charge in [0.2, 0.25) is 0 Å². The molecule has 0 fully saturated rings. The first-order valence-corrected chi connectivity index (χ1v) is 10.0. The van der Waals surface area contributed by atoms with Crippen molar-refractivity contribution in [2.24, 2.45) is 0 Å². The van der Waals surface area contributed by atoms with E-state index in [0.717, 1.165) is 5.69 Å². The average Bonchev–Trinajstić information content (AvgIpc) is 2.72. The molecule has 1 N–H and O–H groups in total. The summed E-state index contributed by atoms with van der Waals surface area (Å²) in [6.45, 7) is 4.63. The van der Waals surface area contributed by atoms with Gasteiger partial charge in [-0.3, -0.25) is 0 Å². The van der Waals surface area contributed by atoms with E-state index in [2.05, 4.69) is 5.32 Å². The molecule has 0 spiro atoms. The van der Waals surface area contributed by atoms with Crippen molar-refractivity contribution in [3.63, 3.8) is 0 Å². The van der Waals surface area contributed by atoms with Crippen LogP contribution in [0.25, 0.3) is 5.70 Å². The van der Waals surface area contributed by atoms with Crippen molar-refractivity contribution in [1.82, 2.24) is 4.90 Å². The number of benzene rings is 2. The van der Waals surface area contributed by atoms with Gasteiger partial charge in [-0.15, -0.1) is 0 Å². The minimum Gasteiger partial charge on any atom is -0.381 e. The number of nitrogens with zero attached hydrogens (tertiary/aromatic N) is 1. The second-order valence-corrected chi connectivity index (χ2v) is 7.01. The first-order chi connectivity index (χ1) is 14.3. The molecular formula is C24H28F4N2. The molecule has 2 aromatic rings. The van der Waals surface area contributed by atoms with Crippen molar-refractivity contribution in [1.29, 1.82) is 0 Å². The fourth-order valence-electron chi connectivity index (χ4n) is 2.89. The average molecular weight is 420 g/mol. The highest BCUT2D eigenvalue weighted by Gasteiger charge is 2.32. The Balaban J connectivity index is 2.26. The van der Waals surface area contributed by atoms with Gasteiger partial charge < -0.3 is 10.2 Å². The van der Waals surface area contributed by atoms with E-state index in [4.69, 9.17) is 0 Å². The molecule has 0 radical (unpaired) electrons. The van der Waals surface area contributed by atoms with Gasteiger partial charge in [0, 0.05) is 37.1 Å². The Morgan fingerprint density at radius 3 is 2.27 bits per heavy atom. The molecule has 2 nitrogen and oxygen atoms in total. The number of halogens is 4. The van der Waals surface area contributed by atoms with Crippen LogP contribution >= 0.6 is 0 Å². The molecule has 162 valence electrons. The summed E-state index contributed by atoms with van der Waals surface area (Å²) in [4.78, 5) is 1.79. The molecule has 0 saturated carbocycles. The zero-order valence-corrected chi connectivity index (χ0v) is 17.6. The molecule has 2 rings (SSSR count). The molecule has 0 saturated heterocycles. The third-order valence-corrected chi connectivity index (χ3v) is 4.78. The normalized spacial score (nSPS) is 12.8. The number of unbranched alkanes of at least 4 members (excludes halogenated alkanes) is 1. The van der Waals surface area contributed by atoms with E-state index >= 15 is 0 Å². The molecule has 0 heterocycles. The lowest BCUT2D eigenvalue weighted by molar-refractivity contribution is -0.0884. The van der Waals surface area contributed by atoms with Gasteiger partial charge in [0.15, 0.2) is 0 Å². The molecule has 0 aromatic heterocycles. The van der Waals surface area contributed by atoms with E-state index in [1.165, 1.54) is 18.2 Å². The van der Waals surface area contributed by atoms with Crippen molar-refractivity contribution in [2.75, 3.05) is 18.9 Å².